The fourth-order valence-electron chi connectivity index (χ4n) is 2.90. The van der Waals surface area contributed by atoms with Crippen LogP contribution in [0.15, 0.2) is 17.3 Å². The van der Waals surface area contributed by atoms with Crippen molar-refractivity contribution < 1.29 is 4.74 Å². The van der Waals surface area contributed by atoms with Crippen molar-refractivity contribution in [1.82, 2.24) is 15.2 Å². The zero-order valence-corrected chi connectivity index (χ0v) is 19.0. The Hall–Kier alpha value is -0.800. The van der Waals surface area contributed by atoms with Gasteiger partial charge in [0.05, 0.1) is 13.2 Å². The molecule has 1 saturated heterocycles. The van der Waals surface area contributed by atoms with Crippen molar-refractivity contribution in [2.45, 2.75) is 46.2 Å². The number of nitrogens with two attached hydrogens (primary N) is 1. The molecule has 3 N–H and O–H groups in total. The maximum atomic E-state index is 6.22. The Morgan fingerprint density at radius 1 is 1.54 bits per heavy atom. The molecule has 0 aromatic carbocycles. The Balaban J connectivity index is 0.00000338. The number of pyridine rings is 1. The van der Waals surface area contributed by atoms with Crippen LogP contribution >= 0.6 is 35.6 Å². The van der Waals surface area contributed by atoms with Crippen LogP contribution in [0.4, 0.5) is 0 Å². The molecule has 0 aliphatic carbocycles. The number of nitrogens with zero attached hydrogens (tertiary/aromatic N) is 3. The fraction of sp³-hybridized carbons (Fsp3) is 0.667. The van der Waals surface area contributed by atoms with Crippen LogP contribution in [0.25, 0.3) is 0 Å². The molecule has 1 atom stereocenters. The summed E-state index contributed by atoms with van der Waals surface area (Å²) in [4.78, 5) is 11.1. The first-order valence-corrected chi connectivity index (χ1v) is 9.42. The van der Waals surface area contributed by atoms with Crippen LogP contribution in [0.5, 0.6) is 5.88 Å². The number of likely N-dealkylation sites (tertiary alicyclic amines) is 1. The lowest BCUT2D eigenvalue weighted by Gasteiger charge is -2.23. The summed E-state index contributed by atoms with van der Waals surface area (Å²) in [5.74, 6) is 1.35. The lowest BCUT2D eigenvalue weighted by Crippen LogP contribution is -2.42. The Morgan fingerprint density at radius 2 is 2.31 bits per heavy atom. The number of aromatic nitrogens is 1. The smallest absolute Gasteiger partial charge is 0.232 e. The monoisotopic (exact) mass is 495 g/mol. The Kier molecular flexibility index (Phi) is 10.6. The normalized spacial score (nSPS) is 18.0. The van der Waals surface area contributed by atoms with E-state index in [1.807, 2.05) is 6.07 Å². The third kappa shape index (κ3) is 7.44. The van der Waals surface area contributed by atoms with E-state index in [-0.39, 0.29) is 24.0 Å². The van der Waals surface area contributed by atoms with E-state index < -0.39 is 0 Å². The number of halogens is 2. The van der Waals surface area contributed by atoms with E-state index in [1.54, 1.807) is 6.20 Å². The Bertz CT molecular complexity index is 585. The molecule has 148 valence electrons. The van der Waals surface area contributed by atoms with E-state index in [4.69, 9.17) is 22.1 Å². The second-order valence-electron chi connectivity index (χ2n) is 6.84. The van der Waals surface area contributed by atoms with Gasteiger partial charge in [-0.3, -0.25) is 4.90 Å². The second kappa shape index (κ2) is 11.8. The van der Waals surface area contributed by atoms with Crippen molar-refractivity contribution in [2.24, 2.45) is 16.6 Å². The summed E-state index contributed by atoms with van der Waals surface area (Å²) in [7, 11) is 0. The van der Waals surface area contributed by atoms with Crippen LogP contribution in [-0.2, 0) is 6.54 Å². The maximum Gasteiger partial charge on any atom is 0.232 e. The molecule has 0 bridgehead atoms. The van der Waals surface area contributed by atoms with E-state index in [0.717, 1.165) is 18.7 Å². The fourth-order valence-corrected chi connectivity index (χ4v) is 3.14. The summed E-state index contributed by atoms with van der Waals surface area (Å²) >= 11 is 6.22. The molecule has 1 unspecified atom stereocenters. The minimum atomic E-state index is 0. The lowest BCUT2D eigenvalue weighted by atomic mass is 10.2. The quantitative estimate of drug-likeness (QED) is 0.329. The van der Waals surface area contributed by atoms with Gasteiger partial charge in [0.2, 0.25) is 5.88 Å². The molecular formula is C18H31ClIN5O. The van der Waals surface area contributed by atoms with E-state index in [0.29, 0.717) is 42.0 Å². The third-order valence-electron chi connectivity index (χ3n) is 4.27. The van der Waals surface area contributed by atoms with E-state index in [9.17, 15) is 0 Å². The number of hydrogen-bond donors (Lipinski definition) is 2. The summed E-state index contributed by atoms with van der Waals surface area (Å²) in [5.41, 5.74) is 6.88. The minimum absolute atomic E-state index is 0. The zero-order valence-electron chi connectivity index (χ0n) is 15.9. The molecule has 1 fully saturated rings. The second-order valence-corrected chi connectivity index (χ2v) is 7.25. The van der Waals surface area contributed by atoms with Crippen LogP contribution in [0.3, 0.4) is 0 Å². The van der Waals surface area contributed by atoms with Crippen molar-refractivity contribution >= 4 is 41.5 Å². The number of aliphatic imine (C=N–C) groups is 1. The van der Waals surface area contributed by atoms with Gasteiger partial charge in [0.25, 0.3) is 0 Å². The topological polar surface area (TPSA) is 75.8 Å². The first-order chi connectivity index (χ1) is 12.0. The van der Waals surface area contributed by atoms with Gasteiger partial charge in [-0.1, -0.05) is 32.4 Å². The Morgan fingerprint density at radius 3 is 2.96 bits per heavy atom. The highest BCUT2D eigenvalue weighted by Crippen LogP contribution is 2.23. The highest BCUT2D eigenvalue weighted by atomic mass is 127. The van der Waals surface area contributed by atoms with Gasteiger partial charge in [-0.2, -0.15) is 0 Å². The van der Waals surface area contributed by atoms with Gasteiger partial charge in [-0.05, 0) is 43.5 Å². The molecule has 6 nitrogen and oxygen atoms in total. The van der Waals surface area contributed by atoms with Gasteiger partial charge in [0.15, 0.2) is 5.96 Å². The average molecular weight is 496 g/mol. The lowest BCUT2D eigenvalue weighted by molar-refractivity contribution is 0.261. The molecular weight excluding hydrogens is 465 g/mol. The molecule has 0 radical (unpaired) electrons. The van der Waals surface area contributed by atoms with Gasteiger partial charge in [0.1, 0.15) is 5.02 Å². The van der Waals surface area contributed by atoms with Crippen molar-refractivity contribution in [2.75, 3.05) is 26.2 Å². The molecule has 2 rings (SSSR count). The van der Waals surface area contributed by atoms with Crippen molar-refractivity contribution in [3.05, 3.63) is 22.8 Å². The number of ether oxygens (including phenoxy) is 1. The average Bonchev–Trinajstić information content (AvgIpc) is 3.04. The van der Waals surface area contributed by atoms with Gasteiger partial charge in [-0.15, -0.1) is 24.0 Å². The van der Waals surface area contributed by atoms with E-state index >= 15 is 0 Å². The van der Waals surface area contributed by atoms with Gasteiger partial charge in [0, 0.05) is 18.8 Å². The van der Waals surface area contributed by atoms with Gasteiger partial charge >= 0.3 is 0 Å². The Labute approximate surface area is 178 Å². The number of nitrogens with one attached hydrogen (secondary N) is 1. The van der Waals surface area contributed by atoms with E-state index in [1.165, 1.54) is 19.4 Å². The first kappa shape index (κ1) is 23.2. The number of likely N-dealkylation sites (N-methyl/N-ethyl adjacent to an activating group) is 1. The molecule has 26 heavy (non-hydrogen) atoms. The predicted octanol–water partition coefficient (Wildman–Crippen LogP) is 3.28. The van der Waals surface area contributed by atoms with Crippen LogP contribution in [0.1, 0.15) is 39.2 Å². The van der Waals surface area contributed by atoms with Crippen LogP contribution in [0.2, 0.25) is 5.02 Å². The highest BCUT2D eigenvalue weighted by molar-refractivity contribution is 14.0. The standard InChI is InChI=1S/C18H30ClN5O.HI/c1-4-24-7-5-6-15(24)11-23-18(20)22-10-14-8-16(19)17(21-9-14)25-12-13(2)3;/h8-9,13,15H,4-7,10-12H2,1-3H3,(H3,20,22,23);1H. The number of rotatable bonds is 8. The largest absolute Gasteiger partial charge is 0.476 e. The van der Waals surface area contributed by atoms with Gasteiger partial charge in [-0.25, -0.2) is 9.98 Å². The molecule has 1 aromatic heterocycles. The number of guanidine groups is 1. The van der Waals surface area contributed by atoms with Crippen molar-refractivity contribution in [3.63, 3.8) is 0 Å². The molecule has 2 heterocycles. The molecule has 1 aliphatic heterocycles. The van der Waals surface area contributed by atoms with Crippen LogP contribution in [0, 0.1) is 5.92 Å². The van der Waals surface area contributed by atoms with E-state index in [2.05, 4.69) is 41.0 Å². The molecule has 8 heteroatoms. The number of hydrogen-bond acceptors (Lipinski definition) is 4. The molecule has 1 aromatic rings. The molecule has 0 amide bonds. The SMILES string of the molecule is CCN1CCCC1CNC(N)=NCc1cnc(OCC(C)C)c(Cl)c1.I. The van der Waals surface area contributed by atoms with Crippen molar-refractivity contribution in [3.8, 4) is 5.88 Å². The summed E-state index contributed by atoms with van der Waals surface area (Å²) < 4.78 is 5.57. The zero-order chi connectivity index (χ0) is 18.2. The predicted molar refractivity (Wildman–Crippen MR) is 119 cm³/mol. The maximum absolute atomic E-state index is 6.22. The van der Waals surface area contributed by atoms with Crippen LogP contribution in [-0.4, -0.2) is 48.1 Å². The highest BCUT2D eigenvalue weighted by Gasteiger charge is 2.22. The summed E-state index contributed by atoms with van der Waals surface area (Å²) in [6.45, 7) is 10.5. The van der Waals surface area contributed by atoms with Crippen molar-refractivity contribution in [1.29, 1.82) is 0 Å². The summed E-state index contributed by atoms with van der Waals surface area (Å²) in [5, 5.41) is 3.73. The third-order valence-corrected chi connectivity index (χ3v) is 4.54. The summed E-state index contributed by atoms with van der Waals surface area (Å²) in [6, 6.07) is 2.38. The molecule has 1 aliphatic rings. The van der Waals surface area contributed by atoms with Crippen LogP contribution < -0.4 is 15.8 Å². The first-order valence-electron chi connectivity index (χ1n) is 9.04. The molecule has 0 spiro atoms. The summed E-state index contributed by atoms with van der Waals surface area (Å²) in [6.07, 6.45) is 4.20. The van der Waals surface area contributed by atoms with Gasteiger partial charge < -0.3 is 15.8 Å². The molecule has 0 saturated carbocycles. The minimum Gasteiger partial charge on any atom is -0.476 e.